The Bertz CT molecular complexity index is 1250. The van der Waals surface area contributed by atoms with Crippen LogP contribution >= 0.6 is 11.3 Å². The number of benzene rings is 2. The van der Waals surface area contributed by atoms with Crippen LogP contribution in [0.4, 0.5) is 13.2 Å². The number of thiazole rings is 1. The lowest BCUT2D eigenvalue weighted by molar-refractivity contribution is -0.137. The average molecular weight is 535 g/mol. The van der Waals surface area contributed by atoms with Crippen molar-refractivity contribution < 1.29 is 27.9 Å². The van der Waals surface area contributed by atoms with Gasteiger partial charge in [0.2, 0.25) is 0 Å². The van der Waals surface area contributed by atoms with E-state index in [4.69, 9.17) is 9.57 Å². The molecule has 37 heavy (non-hydrogen) atoms. The normalized spacial score (nSPS) is 21.0. The molecule has 1 aromatic heterocycles. The highest BCUT2D eigenvalue weighted by atomic mass is 32.1. The van der Waals surface area contributed by atoms with Gasteiger partial charge >= 0.3 is 6.18 Å². The third-order valence-corrected chi connectivity index (χ3v) is 7.60. The summed E-state index contributed by atoms with van der Waals surface area (Å²) in [5.74, 6) is 0.679. The summed E-state index contributed by atoms with van der Waals surface area (Å²) in [7, 11) is 0. The Kier molecular flexibility index (Phi) is 7.39. The maximum absolute atomic E-state index is 12.8. The molecule has 3 aromatic rings. The Hall–Kier alpha value is -2.73. The number of halogens is 3. The van der Waals surface area contributed by atoms with E-state index in [0.717, 1.165) is 46.2 Å². The number of ether oxygens (including phenoxy) is 1. The van der Waals surface area contributed by atoms with Crippen molar-refractivity contribution in [1.82, 2.24) is 14.8 Å². The summed E-state index contributed by atoms with van der Waals surface area (Å²) in [6.07, 6.45) is -5.34. The summed E-state index contributed by atoms with van der Waals surface area (Å²) < 4.78 is 45.8. The molecule has 2 aliphatic rings. The van der Waals surface area contributed by atoms with E-state index in [0.29, 0.717) is 37.4 Å². The summed E-state index contributed by atoms with van der Waals surface area (Å²) in [4.78, 5) is 14.4. The molecule has 0 aliphatic carbocycles. The molecular weight excluding hydrogens is 505 g/mol. The molecule has 0 amide bonds. The zero-order chi connectivity index (χ0) is 26.2. The molecule has 2 aromatic carbocycles. The standard InChI is InChI=1S/C26H29F3N4O3S/c1-16(34)25(35-21-7-8-24-22(14-21)30-17(2)37-24)33-11-9-32(10-12-33)15-20-13-23(36-31-20)18-3-5-19(6-4-18)26(27,28)29/h3-8,14,16,23,25,34H,9-13,15H2,1-2H3/t16-,23?,25?/m0/s1. The number of oxime groups is 1. The number of piperazine rings is 1. The molecule has 3 atom stereocenters. The third kappa shape index (κ3) is 6.06. The monoisotopic (exact) mass is 534 g/mol. The lowest BCUT2D eigenvalue weighted by atomic mass is 10.0. The number of hydrogen-bond donors (Lipinski definition) is 1. The Morgan fingerprint density at radius 2 is 1.86 bits per heavy atom. The first-order valence-electron chi connectivity index (χ1n) is 12.2. The van der Waals surface area contributed by atoms with Crippen LogP contribution in [0.15, 0.2) is 47.6 Å². The molecule has 0 bridgehead atoms. The number of hydrogen-bond acceptors (Lipinski definition) is 8. The summed E-state index contributed by atoms with van der Waals surface area (Å²) in [6, 6.07) is 10.9. The largest absolute Gasteiger partial charge is 0.472 e. The molecule has 11 heteroatoms. The number of aliphatic hydroxyl groups is 1. The van der Waals surface area contributed by atoms with Crippen LogP contribution in [-0.2, 0) is 11.0 Å². The molecule has 2 aliphatic heterocycles. The van der Waals surface area contributed by atoms with Crippen LogP contribution < -0.4 is 4.74 Å². The Morgan fingerprint density at radius 3 is 2.54 bits per heavy atom. The highest BCUT2D eigenvalue weighted by Crippen LogP contribution is 2.33. The van der Waals surface area contributed by atoms with Crippen LogP contribution in [0.2, 0.25) is 0 Å². The predicted molar refractivity (Wildman–Crippen MR) is 136 cm³/mol. The minimum absolute atomic E-state index is 0.370. The number of alkyl halides is 3. The van der Waals surface area contributed by atoms with Gasteiger partial charge in [0.25, 0.3) is 0 Å². The van der Waals surface area contributed by atoms with Crippen LogP contribution in [0.25, 0.3) is 10.2 Å². The Labute approximate surface area is 217 Å². The van der Waals surface area contributed by atoms with E-state index in [-0.39, 0.29) is 6.10 Å². The smallest absolute Gasteiger partial charge is 0.416 e. The second-order valence-electron chi connectivity index (χ2n) is 9.50. The number of nitrogens with zero attached hydrogens (tertiary/aromatic N) is 4. The van der Waals surface area contributed by atoms with E-state index in [1.165, 1.54) is 12.1 Å². The maximum atomic E-state index is 12.8. The van der Waals surface area contributed by atoms with Crippen molar-refractivity contribution >= 4 is 27.3 Å². The first-order valence-corrected chi connectivity index (χ1v) is 13.0. The van der Waals surface area contributed by atoms with E-state index in [1.54, 1.807) is 18.3 Å². The summed E-state index contributed by atoms with van der Waals surface area (Å²) in [5, 5.41) is 15.6. The molecule has 1 fully saturated rings. The Morgan fingerprint density at radius 1 is 1.14 bits per heavy atom. The first kappa shape index (κ1) is 25.9. The molecule has 0 saturated carbocycles. The number of aromatic nitrogens is 1. The van der Waals surface area contributed by atoms with E-state index >= 15 is 0 Å². The second-order valence-corrected chi connectivity index (χ2v) is 10.7. The van der Waals surface area contributed by atoms with Crippen LogP contribution in [0.1, 0.15) is 35.6 Å². The van der Waals surface area contributed by atoms with Gasteiger partial charge in [0.05, 0.1) is 26.5 Å². The van der Waals surface area contributed by atoms with Gasteiger partial charge in [0.1, 0.15) is 11.9 Å². The lowest BCUT2D eigenvalue weighted by Gasteiger charge is -2.40. The zero-order valence-corrected chi connectivity index (χ0v) is 21.4. The van der Waals surface area contributed by atoms with Gasteiger partial charge < -0.3 is 14.7 Å². The molecule has 1 N–H and O–H groups in total. The first-order chi connectivity index (χ1) is 17.7. The van der Waals surface area contributed by atoms with E-state index in [1.807, 2.05) is 25.1 Å². The van der Waals surface area contributed by atoms with Crippen LogP contribution in [0.3, 0.4) is 0 Å². The SMILES string of the molecule is Cc1nc2cc(OC([C@H](C)O)N3CCN(CC4=NOC(c5ccc(C(F)(F)F)cc5)C4)CC3)ccc2s1. The molecule has 0 spiro atoms. The minimum atomic E-state index is -4.36. The average Bonchev–Trinajstić information content (AvgIpc) is 3.48. The van der Waals surface area contributed by atoms with Crippen molar-refractivity contribution in [3.63, 3.8) is 0 Å². The van der Waals surface area contributed by atoms with E-state index in [2.05, 4.69) is 19.9 Å². The fourth-order valence-electron chi connectivity index (χ4n) is 4.73. The molecule has 3 heterocycles. The van der Waals surface area contributed by atoms with Crippen molar-refractivity contribution in [2.75, 3.05) is 32.7 Å². The summed E-state index contributed by atoms with van der Waals surface area (Å²) in [5.41, 5.74) is 1.77. The van der Waals surface area contributed by atoms with Gasteiger partial charge in [-0.1, -0.05) is 17.3 Å². The highest BCUT2D eigenvalue weighted by Gasteiger charge is 2.32. The minimum Gasteiger partial charge on any atom is -0.472 e. The van der Waals surface area contributed by atoms with Gasteiger partial charge in [-0.2, -0.15) is 13.2 Å². The maximum Gasteiger partial charge on any atom is 0.416 e. The molecule has 1 saturated heterocycles. The van der Waals surface area contributed by atoms with Crippen molar-refractivity contribution in [2.45, 2.75) is 44.9 Å². The lowest BCUT2D eigenvalue weighted by Crippen LogP contribution is -2.55. The Balaban J connectivity index is 1.13. The van der Waals surface area contributed by atoms with Crippen LogP contribution in [0, 0.1) is 6.92 Å². The van der Waals surface area contributed by atoms with Gasteiger partial charge in [0.15, 0.2) is 12.3 Å². The number of fused-ring (bicyclic) bond motifs is 1. The van der Waals surface area contributed by atoms with Crippen LogP contribution in [0.5, 0.6) is 5.75 Å². The predicted octanol–water partition coefficient (Wildman–Crippen LogP) is 4.84. The topological polar surface area (TPSA) is 70.4 Å². The number of rotatable bonds is 7. The molecule has 198 valence electrons. The fourth-order valence-corrected chi connectivity index (χ4v) is 5.54. The fraction of sp³-hybridized carbons (Fsp3) is 0.462. The van der Waals surface area contributed by atoms with E-state index < -0.39 is 24.1 Å². The van der Waals surface area contributed by atoms with Gasteiger partial charge in [-0.3, -0.25) is 9.80 Å². The quantitative estimate of drug-likeness (QED) is 0.468. The van der Waals surface area contributed by atoms with Crippen LogP contribution in [-0.4, -0.2) is 70.7 Å². The summed E-state index contributed by atoms with van der Waals surface area (Å²) in [6.45, 7) is 7.29. The second kappa shape index (κ2) is 10.6. The van der Waals surface area contributed by atoms with Crippen molar-refractivity contribution in [2.24, 2.45) is 5.16 Å². The van der Waals surface area contributed by atoms with Gasteiger partial charge in [-0.15, -0.1) is 11.3 Å². The zero-order valence-electron chi connectivity index (χ0n) is 20.6. The molecular formula is C26H29F3N4O3S. The van der Waals surface area contributed by atoms with Gasteiger partial charge in [-0.25, -0.2) is 4.98 Å². The molecule has 7 nitrogen and oxygen atoms in total. The summed E-state index contributed by atoms with van der Waals surface area (Å²) >= 11 is 1.64. The van der Waals surface area contributed by atoms with Crippen molar-refractivity contribution in [1.29, 1.82) is 0 Å². The van der Waals surface area contributed by atoms with Gasteiger partial charge in [0, 0.05) is 45.2 Å². The van der Waals surface area contributed by atoms with Gasteiger partial charge in [-0.05, 0) is 43.7 Å². The molecule has 0 radical (unpaired) electrons. The van der Waals surface area contributed by atoms with E-state index in [9.17, 15) is 18.3 Å². The molecule has 2 unspecified atom stereocenters. The highest BCUT2D eigenvalue weighted by molar-refractivity contribution is 7.18. The molecule has 5 rings (SSSR count). The number of aryl methyl sites for hydroxylation is 1. The van der Waals surface area contributed by atoms with Crippen molar-refractivity contribution in [3.8, 4) is 5.75 Å². The third-order valence-electron chi connectivity index (χ3n) is 6.65. The number of aliphatic hydroxyl groups excluding tert-OH is 1. The van der Waals surface area contributed by atoms with Crippen molar-refractivity contribution in [3.05, 3.63) is 58.6 Å².